The van der Waals surface area contributed by atoms with Crippen molar-refractivity contribution in [3.63, 3.8) is 0 Å². The lowest BCUT2D eigenvalue weighted by Crippen LogP contribution is -2.47. The van der Waals surface area contributed by atoms with Gasteiger partial charge in [0.25, 0.3) is 0 Å². The third-order valence-corrected chi connectivity index (χ3v) is 9.75. The third-order valence-electron chi connectivity index (χ3n) is 9.75. The molecule has 0 bridgehead atoms. The number of hydrogen-bond donors (Lipinski definition) is 1. The Morgan fingerprint density at radius 1 is 0.929 bits per heavy atom. The molecule has 3 aliphatic rings. The van der Waals surface area contributed by atoms with E-state index in [2.05, 4.69) is 87.0 Å². The second-order valence-electron chi connectivity index (χ2n) is 13.5. The SMILES string of the molecule is CCC(C)C(=N)N=C(c1ccc(C(=NC(C)Cc2ccc(CC3CCCC3)cc2)C2CC2)cc1C)N1CCN(C)CC1. The minimum absolute atomic E-state index is 0.158. The number of piperazine rings is 1. The van der Waals surface area contributed by atoms with Crippen molar-refractivity contribution in [2.45, 2.75) is 91.5 Å². The number of aliphatic imine (C=N–C) groups is 2. The van der Waals surface area contributed by atoms with Gasteiger partial charge in [-0.15, -0.1) is 0 Å². The lowest BCUT2D eigenvalue weighted by atomic mass is 9.96. The molecule has 2 aromatic carbocycles. The number of hydrogen-bond acceptors (Lipinski definition) is 3. The van der Waals surface area contributed by atoms with Gasteiger partial charge in [0, 0.05) is 49.3 Å². The molecule has 1 aliphatic heterocycles. The number of nitrogens with one attached hydrogen (secondary N) is 1. The number of amidine groups is 2. The van der Waals surface area contributed by atoms with E-state index < -0.39 is 0 Å². The standard InChI is InChI=1S/C37H53N5/c1-6-26(2)36(38)40-37(42-21-19-41(5)20-22-42)34-18-17-33(23-27(34)3)35(32-15-16-32)39-28(4)24-30-11-13-31(14-12-30)25-29-9-7-8-10-29/h11-14,17-18,23,26,28-29,32,38H,6-10,15-16,19-22,24-25H2,1-5H3. The van der Waals surface area contributed by atoms with Gasteiger partial charge in [-0.25, -0.2) is 4.99 Å². The van der Waals surface area contributed by atoms with Crippen LogP contribution in [0.5, 0.6) is 0 Å². The van der Waals surface area contributed by atoms with Crippen LogP contribution in [0.3, 0.4) is 0 Å². The van der Waals surface area contributed by atoms with Crippen LogP contribution in [0.15, 0.2) is 52.4 Å². The number of likely N-dealkylation sites (N-methyl/N-ethyl adjacent to an activating group) is 1. The van der Waals surface area contributed by atoms with Gasteiger partial charge < -0.3 is 9.80 Å². The van der Waals surface area contributed by atoms with Crippen molar-refractivity contribution >= 4 is 17.4 Å². The molecule has 3 fully saturated rings. The molecule has 2 atom stereocenters. The van der Waals surface area contributed by atoms with Crippen LogP contribution in [0, 0.1) is 30.1 Å². The zero-order valence-corrected chi connectivity index (χ0v) is 26.8. The van der Waals surface area contributed by atoms with Crippen LogP contribution in [0.25, 0.3) is 0 Å². The molecule has 226 valence electrons. The molecule has 1 heterocycles. The Kier molecular flexibility index (Phi) is 10.3. The van der Waals surface area contributed by atoms with E-state index in [1.165, 1.54) is 72.9 Å². The maximum Gasteiger partial charge on any atom is 0.138 e. The molecule has 0 spiro atoms. The Bertz CT molecular complexity index is 1260. The molecule has 2 aliphatic carbocycles. The lowest BCUT2D eigenvalue weighted by Gasteiger charge is -2.35. The summed E-state index contributed by atoms with van der Waals surface area (Å²) in [6.45, 7) is 12.6. The fraction of sp³-hybridized carbons (Fsp3) is 0.595. The average molecular weight is 568 g/mol. The second kappa shape index (κ2) is 14.1. The van der Waals surface area contributed by atoms with E-state index in [1.807, 2.05) is 0 Å². The highest BCUT2D eigenvalue weighted by Crippen LogP contribution is 2.35. The first-order valence-corrected chi connectivity index (χ1v) is 16.7. The minimum Gasteiger partial charge on any atom is -0.353 e. The summed E-state index contributed by atoms with van der Waals surface area (Å²) in [6.07, 6.45) is 11.3. The van der Waals surface area contributed by atoms with Crippen molar-refractivity contribution in [3.8, 4) is 0 Å². The molecule has 1 saturated heterocycles. The van der Waals surface area contributed by atoms with E-state index >= 15 is 0 Å². The summed E-state index contributed by atoms with van der Waals surface area (Å²) < 4.78 is 0. The van der Waals surface area contributed by atoms with Crippen molar-refractivity contribution in [3.05, 3.63) is 70.3 Å². The van der Waals surface area contributed by atoms with Crippen molar-refractivity contribution in [2.75, 3.05) is 33.2 Å². The first-order valence-electron chi connectivity index (χ1n) is 16.7. The minimum atomic E-state index is 0.158. The Labute approximate surface area is 255 Å². The smallest absolute Gasteiger partial charge is 0.138 e. The van der Waals surface area contributed by atoms with Crippen LogP contribution < -0.4 is 0 Å². The second-order valence-corrected chi connectivity index (χ2v) is 13.5. The molecule has 2 saturated carbocycles. The van der Waals surface area contributed by atoms with Crippen molar-refractivity contribution in [2.24, 2.45) is 27.7 Å². The van der Waals surface area contributed by atoms with Crippen molar-refractivity contribution in [1.29, 1.82) is 5.41 Å². The summed E-state index contributed by atoms with van der Waals surface area (Å²) >= 11 is 0. The predicted octanol–water partition coefficient (Wildman–Crippen LogP) is 7.58. The van der Waals surface area contributed by atoms with Gasteiger partial charge in [0.1, 0.15) is 11.7 Å². The highest BCUT2D eigenvalue weighted by Gasteiger charge is 2.30. The largest absolute Gasteiger partial charge is 0.353 e. The molecular weight excluding hydrogens is 514 g/mol. The highest BCUT2D eigenvalue weighted by atomic mass is 15.3. The zero-order chi connectivity index (χ0) is 29.6. The van der Waals surface area contributed by atoms with E-state index in [0.717, 1.165) is 56.3 Å². The van der Waals surface area contributed by atoms with E-state index in [-0.39, 0.29) is 12.0 Å². The van der Waals surface area contributed by atoms with Crippen LogP contribution in [0.2, 0.25) is 0 Å². The first-order chi connectivity index (χ1) is 20.3. The lowest BCUT2D eigenvalue weighted by molar-refractivity contribution is 0.216. The zero-order valence-electron chi connectivity index (χ0n) is 26.8. The Balaban J connectivity index is 1.33. The summed E-state index contributed by atoms with van der Waals surface area (Å²) in [5, 5.41) is 8.67. The summed E-state index contributed by atoms with van der Waals surface area (Å²) in [4.78, 5) is 15.1. The predicted molar refractivity (Wildman–Crippen MR) is 178 cm³/mol. The van der Waals surface area contributed by atoms with Crippen LogP contribution in [-0.2, 0) is 12.8 Å². The highest BCUT2D eigenvalue weighted by molar-refractivity contribution is 6.08. The summed E-state index contributed by atoms with van der Waals surface area (Å²) in [6, 6.07) is 16.5. The first kappa shape index (κ1) is 30.7. The molecule has 0 radical (unpaired) electrons. The topological polar surface area (TPSA) is 55.1 Å². The summed E-state index contributed by atoms with van der Waals surface area (Å²) in [5.74, 6) is 3.08. The van der Waals surface area contributed by atoms with E-state index in [0.29, 0.717) is 11.8 Å². The third kappa shape index (κ3) is 7.98. The number of benzene rings is 2. The molecule has 5 nitrogen and oxygen atoms in total. The quantitative estimate of drug-likeness (QED) is 0.238. The monoisotopic (exact) mass is 567 g/mol. The Hall–Kier alpha value is -2.79. The number of aryl methyl sites for hydroxylation is 1. The van der Waals surface area contributed by atoms with Crippen LogP contribution in [-0.4, -0.2) is 66.5 Å². The van der Waals surface area contributed by atoms with Crippen LogP contribution in [0.4, 0.5) is 0 Å². The Morgan fingerprint density at radius 2 is 1.60 bits per heavy atom. The summed E-state index contributed by atoms with van der Waals surface area (Å²) in [7, 11) is 2.18. The molecule has 2 aromatic rings. The average Bonchev–Trinajstić information content (AvgIpc) is 3.71. The molecule has 0 amide bonds. The van der Waals surface area contributed by atoms with Gasteiger partial charge in [-0.1, -0.05) is 75.9 Å². The van der Waals surface area contributed by atoms with Gasteiger partial charge in [0.15, 0.2) is 0 Å². The van der Waals surface area contributed by atoms with Crippen LogP contribution >= 0.6 is 0 Å². The Morgan fingerprint density at radius 3 is 2.21 bits per heavy atom. The molecule has 42 heavy (non-hydrogen) atoms. The number of nitrogens with zero attached hydrogens (tertiary/aromatic N) is 4. The van der Waals surface area contributed by atoms with E-state index in [9.17, 15) is 0 Å². The maximum absolute atomic E-state index is 8.67. The number of rotatable bonds is 10. The fourth-order valence-electron chi connectivity index (χ4n) is 6.57. The van der Waals surface area contributed by atoms with Crippen LogP contribution in [0.1, 0.15) is 93.5 Å². The maximum atomic E-state index is 8.67. The van der Waals surface area contributed by atoms with Gasteiger partial charge in [-0.3, -0.25) is 10.4 Å². The van der Waals surface area contributed by atoms with E-state index in [1.54, 1.807) is 0 Å². The molecule has 5 heteroatoms. The van der Waals surface area contributed by atoms with Gasteiger partial charge in [-0.2, -0.15) is 0 Å². The molecule has 0 aromatic heterocycles. The fourth-order valence-corrected chi connectivity index (χ4v) is 6.57. The van der Waals surface area contributed by atoms with E-state index in [4.69, 9.17) is 15.4 Å². The molecule has 5 rings (SSSR count). The van der Waals surface area contributed by atoms with Gasteiger partial charge >= 0.3 is 0 Å². The van der Waals surface area contributed by atoms with Crippen molar-refractivity contribution in [1.82, 2.24) is 9.80 Å². The molecular formula is C37H53N5. The van der Waals surface area contributed by atoms with Gasteiger partial charge in [-0.05, 0) is 87.2 Å². The summed E-state index contributed by atoms with van der Waals surface area (Å²) in [5.41, 5.74) is 7.79. The van der Waals surface area contributed by atoms with Crippen molar-refractivity contribution < 1.29 is 0 Å². The molecule has 2 unspecified atom stereocenters. The van der Waals surface area contributed by atoms with Gasteiger partial charge in [0.05, 0.1) is 6.04 Å². The van der Waals surface area contributed by atoms with Gasteiger partial charge in [0.2, 0.25) is 0 Å². The normalized spacial score (nSPS) is 20.6. The molecule has 1 N–H and O–H groups in total.